The van der Waals surface area contributed by atoms with Crippen molar-refractivity contribution in [3.05, 3.63) is 35.9 Å². The van der Waals surface area contributed by atoms with E-state index >= 15 is 0 Å². The summed E-state index contributed by atoms with van der Waals surface area (Å²) in [7, 11) is 1.65. The zero-order valence-electron chi connectivity index (χ0n) is 10.2. The fraction of sp³-hybridized carbons (Fsp3) is 0.571. The van der Waals surface area contributed by atoms with Gasteiger partial charge in [-0.15, -0.1) is 0 Å². The van der Waals surface area contributed by atoms with Gasteiger partial charge in [-0.05, 0) is 24.8 Å². The van der Waals surface area contributed by atoms with Gasteiger partial charge in [-0.25, -0.2) is 0 Å². The van der Waals surface area contributed by atoms with Crippen LogP contribution in [0.4, 0.5) is 0 Å². The van der Waals surface area contributed by atoms with Crippen molar-refractivity contribution in [2.75, 3.05) is 7.11 Å². The van der Waals surface area contributed by atoms with E-state index in [1.165, 1.54) is 0 Å². The minimum Gasteiger partial charge on any atom is -0.388 e. The summed E-state index contributed by atoms with van der Waals surface area (Å²) in [6, 6.07) is 10.0. The maximum atomic E-state index is 10.1. The van der Waals surface area contributed by atoms with Crippen LogP contribution in [-0.2, 0) is 16.1 Å². The van der Waals surface area contributed by atoms with E-state index in [9.17, 15) is 5.11 Å². The van der Waals surface area contributed by atoms with Gasteiger partial charge in [0.15, 0.2) is 0 Å². The molecule has 1 fully saturated rings. The molecule has 0 aliphatic heterocycles. The van der Waals surface area contributed by atoms with Crippen LogP contribution in [0, 0.1) is 0 Å². The Balaban J connectivity index is 1.86. The second kappa shape index (κ2) is 6.15. The standard InChI is InChI=1S/C14H20O3/c1-16-12-8-5-9-13(14(12)15)17-10-11-6-3-2-4-7-11/h2-4,6-7,12-15H,5,8-10H2,1H3/t12-,13-,14+/m1/s1. The summed E-state index contributed by atoms with van der Waals surface area (Å²) in [4.78, 5) is 0. The Hall–Kier alpha value is -0.900. The fourth-order valence-corrected chi connectivity index (χ4v) is 2.32. The van der Waals surface area contributed by atoms with Crippen molar-refractivity contribution >= 4 is 0 Å². The molecule has 0 amide bonds. The van der Waals surface area contributed by atoms with Crippen molar-refractivity contribution in [2.24, 2.45) is 0 Å². The van der Waals surface area contributed by atoms with E-state index in [0.717, 1.165) is 24.8 Å². The Kier molecular flexibility index (Phi) is 4.54. The molecule has 1 saturated carbocycles. The molecule has 0 spiro atoms. The molecule has 1 aliphatic carbocycles. The topological polar surface area (TPSA) is 38.7 Å². The summed E-state index contributed by atoms with van der Waals surface area (Å²) in [6.07, 6.45) is 2.20. The zero-order valence-corrected chi connectivity index (χ0v) is 10.2. The van der Waals surface area contributed by atoms with Crippen molar-refractivity contribution in [3.63, 3.8) is 0 Å². The molecular formula is C14H20O3. The molecule has 3 nitrogen and oxygen atoms in total. The highest BCUT2D eigenvalue weighted by molar-refractivity contribution is 5.13. The van der Waals surface area contributed by atoms with Crippen LogP contribution >= 0.6 is 0 Å². The number of methoxy groups -OCH3 is 1. The zero-order chi connectivity index (χ0) is 12.1. The molecule has 1 aliphatic rings. The van der Waals surface area contributed by atoms with Gasteiger partial charge in [0.2, 0.25) is 0 Å². The number of rotatable bonds is 4. The van der Waals surface area contributed by atoms with Crippen molar-refractivity contribution in [1.29, 1.82) is 0 Å². The molecule has 1 N–H and O–H groups in total. The SMILES string of the molecule is CO[C@@H]1CCC[C@@H](OCc2ccccc2)[C@H]1O. The molecule has 94 valence electrons. The predicted octanol–water partition coefficient (Wildman–Crippen LogP) is 2.13. The van der Waals surface area contributed by atoms with E-state index in [1.807, 2.05) is 30.3 Å². The van der Waals surface area contributed by atoms with Gasteiger partial charge in [0.25, 0.3) is 0 Å². The number of benzene rings is 1. The van der Waals surface area contributed by atoms with Gasteiger partial charge in [-0.3, -0.25) is 0 Å². The van der Waals surface area contributed by atoms with Gasteiger partial charge < -0.3 is 14.6 Å². The van der Waals surface area contributed by atoms with Crippen LogP contribution in [0.15, 0.2) is 30.3 Å². The summed E-state index contributed by atoms with van der Waals surface area (Å²) in [5.74, 6) is 0. The number of aliphatic hydroxyl groups excluding tert-OH is 1. The van der Waals surface area contributed by atoms with Crippen LogP contribution in [-0.4, -0.2) is 30.5 Å². The third kappa shape index (κ3) is 3.28. The van der Waals surface area contributed by atoms with E-state index < -0.39 is 6.10 Å². The highest BCUT2D eigenvalue weighted by atomic mass is 16.5. The largest absolute Gasteiger partial charge is 0.388 e. The molecule has 0 aromatic heterocycles. The Labute approximate surface area is 102 Å². The van der Waals surface area contributed by atoms with Crippen LogP contribution < -0.4 is 0 Å². The van der Waals surface area contributed by atoms with Gasteiger partial charge in [-0.2, -0.15) is 0 Å². The molecule has 2 rings (SSSR count). The maximum Gasteiger partial charge on any atom is 0.106 e. The maximum absolute atomic E-state index is 10.1. The van der Waals surface area contributed by atoms with Crippen LogP contribution in [0.1, 0.15) is 24.8 Å². The summed E-state index contributed by atoms with van der Waals surface area (Å²) in [6.45, 7) is 0.555. The summed E-state index contributed by atoms with van der Waals surface area (Å²) in [5.41, 5.74) is 1.14. The van der Waals surface area contributed by atoms with Crippen LogP contribution in [0.2, 0.25) is 0 Å². The van der Waals surface area contributed by atoms with Crippen molar-refractivity contribution in [2.45, 2.75) is 44.2 Å². The Morgan fingerprint density at radius 3 is 2.59 bits per heavy atom. The normalized spacial score (nSPS) is 29.2. The van der Waals surface area contributed by atoms with E-state index in [0.29, 0.717) is 6.61 Å². The van der Waals surface area contributed by atoms with Gasteiger partial charge in [-0.1, -0.05) is 30.3 Å². The average molecular weight is 236 g/mol. The lowest BCUT2D eigenvalue weighted by molar-refractivity contribution is -0.128. The number of ether oxygens (including phenoxy) is 2. The van der Waals surface area contributed by atoms with Gasteiger partial charge in [0, 0.05) is 7.11 Å². The van der Waals surface area contributed by atoms with Crippen molar-refractivity contribution in [1.82, 2.24) is 0 Å². The first-order valence-electron chi connectivity index (χ1n) is 6.17. The van der Waals surface area contributed by atoms with Crippen LogP contribution in [0.25, 0.3) is 0 Å². The third-order valence-electron chi connectivity index (χ3n) is 3.35. The molecule has 3 atom stereocenters. The quantitative estimate of drug-likeness (QED) is 0.870. The van der Waals surface area contributed by atoms with Crippen molar-refractivity contribution in [3.8, 4) is 0 Å². The van der Waals surface area contributed by atoms with E-state index in [-0.39, 0.29) is 12.2 Å². The monoisotopic (exact) mass is 236 g/mol. The molecular weight excluding hydrogens is 216 g/mol. The van der Waals surface area contributed by atoms with Crippen molar-refractivity contribution < 1.29 is 14.6 Å². The Morgan fingerprint density at radius 2 is 1.88 bits per heavy atom. The predicted molar refractivity (Wildman–Crippen MR) is 65.7 cm³/mol. The molecule has 3 heteroatoms. The molecule has 1 aromatic rings. The Morgan fingerprint density at radius 1 is 1.18 bits per heavy atom. The summed E-state index contributed by atoms with van der Waals surface area (Å²) in [5, 5.41) is 10.1. The van der Waals surface area contributed by atoms with Gasteiger partial charge in [0.1, 0.15) is 6.10 Å². The molecule has 0 saturated heterocycles. The smallest absolute Gasteiger partial charge is 0.106 e. The Bertz CT molecular complexity index is 325. The van der Waals surface area contributed by atoms with Crippen LogP contribution in [0.5, 0.6) is 0 Å². The third-order valence-corrected chi connectivity index (χ3v) is 3.35. The number of aliphatic hydroxyl groups is 1. The molecule has 0 heterocycles. The second-order valence-corrected chi connectivity index (χ2v) is 4.53. The molecule has 17 heavy (non-hydrogen) atoms. The highest BCUT2D eigenvalue weighted by Gasteiger charge is 2.32. The van der Waals surface area contributed by atoms with Gasteiger partial charge >= 0.3 is 0 Å². The summed E-state index contributed by atoms with van der Waals surface area (Å²) < 4.78 is 11.0. The van der Waals surface area contributed by atoms with E-state index in [4.69, 9.17) is 9.47 Å². The lowest BCUT2D eigenvalue weighted by atomic mass is 9.92. The first kappa shape index (κ1) is 12.6. The first-order valence-corrected chi connectivity index (χ1v) is 6.17. The lowest BCUT2D eigenvalue weighted by Crippen LogP contribution is -2.43. The minimum absolute atomic E-state index is 0.0791. The molecule has 0 bridgehead atoms. The highest BCUT2D eigenvalue weighted by Crippen LogP contribution is 2.24. The van der Waals surface area contributed by atoms with E-state index in [2.05, 4.69) is 0 Å². The summed E-state index contributed by atoms with van der Waals surface area (Å²) >= 11 is 0. The molecule has 0 radical (unpaired) electrons. The van der Waals surface area contributed by atoms with Gasteiger partial charge in [0.05, 0.1) is 18.8 Å². The molecule has 0 unspecified atom stereocenters. The van der Waals surface area contributed by atoms with E-state index in [1.54, 1.807) is 7.11 Å². The van der Waals surface area contributed by atoms with Crippen LogP contribution in [0.3, 0.4) is 0 Å². The lowest BCUT2D eigenvalue weighted by Gasteiger charge is -2.33. The number of hydrogen-bond acceptors (Lipinski definition) is 3. The first-order chi connectivity index (χ1) is 8.31. The average Bonchev–Trinajstić information content (AvgIpc) is 2.39. The second-order valence-electron chi connectivity index (χ2n) is 4.53. The minimum atomic E-state index is -0.502. The fourth-order valence-electron chi connectivity index (χ4n) is 2.32. The number of hydrogen-bond donors (Lipinski definition) is 1. The molecule has 1 aromatic carbocycles.